The van der Waals surface area contributed by atoms with Gasteiger partial charge < -0.3 is 0 Å². The molecule has 6 heteroatoms. The third-order valence-electron chi connectivity index (χ3n) is 2.36. The van der Waals surface area contributed by atoms with Gasteiger partial charge in [0.1, 0.15) is 5.15 Å². The Balaban J connectivity index is 2.75. The van der Waals surface area contributed by atoms with E-state index in [0.717, 1.165) is 19.3 Å². The molecule has 4 nitrogen and oxygen atoms in total. The van der Waals surface area contributed by atoms with Gasteiger partial charge in [-0.3, -0.25) is 0 Å². The van der Waals surface area contributed by atoms with E-state index in [9.17, 15) is 8.42 Å². The van der Waals surface area contributed by atoms with Gasteiger partial charge in [0, 0.05) is 12.2 Å². The zero-order valence-electron chi connectivity index (χ0n) is 9.98. The summed E-state index contributed by atoms with van der Waals surface area (Å²) in [5.74, 6) is 0. The number of nitrogens with zero attached hydrogens (tertiary/aromatic N) is 1. The Kier molecular flexibility index (Phi) is 5.36. The highest BCUT2D eigenvalue weighted by Crippen LogP contribution is 2.13. The minimum atomic E-state index is -3.49. The van der Waals surface area contributed by atoms with Gasteiger partial charge in [0.25, 0.3) is 0 Å². The Bertz CT molecular complexity index is 462. The fourth-order valence-corrected chi connectivity index (χ4v) is 2.98. The minimum Gasteiger partial charge on any atom is -0.244 e. The van der Waals surface area contributed by atoms with E-state index in [0.29, 0.717) is 0 Å². The summed E-state index contributed by atoms with van der Waals surface area (Å²) in [6, 6.07) is 2.70. The van der Waals surface area contributed by atoms with Crippen LogP contribution in [0.15, 0.2) is 23.2 Å². The smallest absolute Gasteiger partial charge is 0.240 e. The Morgan fingerprint density at radius 2 is 2.24 bits per heavy atom. The molecule has 1 aromatic rings. The molecule has 1 N–H and O–H groups in total. The van der Waals surface area contributed by atoms with Crippen molar-refractivity contribution in [3.8, 4) is 0 Å². The largest absolute Gasteiger partial charge is 0.244 e. The molecule has 0 aromatic carbocycles. The lowest BCUT2D eigenvalue weighted by molar-refractivity contribution is 0.534. The van der Waals surface area contributed by atoms with Crippen molar-refractivity contribution in [1.82, 2.24) is 9.71 Å². The normalized spacial score (nSPS) is 13.6. The van der Waals surface area contributed by atoms with Crippen molar-refractivity contribution in [1.29, 1.82) is 0 Å². The number of pyridine rings is 1. The molecule has 0 aliphatic heterocycles. The van der Waals surface area contributed by atoms with Crippen LogP contribution in [-0.2, 0) is 10.0 Å². The maximum Gasteiger partial charge on any atom is 0.240 e. The van der Waals surface area contributed by atoms with Crippen LogP contribution in [0.1, 0.15) is 33.1 Å². The predicted molar refractivity (Wildman–Crippen MR) is 68.6 cm³/mol. The maximum absolute atomic E-state index is 12.0. The first-order chi connectivity index (χ1) is 7.95. The highest BCUT2D eigenvalue weighted by Gasteiger charge is 2.17. The van der Waals surface area contributed by atoms with Gasteiger partial charge >= 0.3 is 0 Å². The standard InChI is InChI=1S/C11H17ClN2O2S/c1-3-4-5-9(2)14-17(15,16)10-6-7-13-11(12)8-10/h6-9,14H,3-5H2,1-2H3. The summed E-state index contributed by atoms with van der Waals surface area (Å²) in [5, 5.41) is 0.175. The number of nitrogens with one attached hydrogen (secondary N) is 1. The number of unbranched alkanes of at least 4 members (excludes halogenated alkanes) is 1. The van der Waals surface area contributed by atoms with E-state index in [4.69, 9.17) is 11.6 Å². The van der Waals surface area contributed by atoms with Crippen molar-refractivity contribution in [2.24, 2.45) is 0 Å². The first-order valence-electron chi connectivity index (χ1n) is 5.59. The van der Waals surface area contributed by atoms with Crippen LogP contribution in [0.3, 0.4) is 0 Å². The molecule has 1 rings (SSSR count). The molecule has 0 bridgehead atoms. The third-order valence-corrected chi connectivity index (χ3v) is 4.15. The average molecular weight is 277 g/mol. The Morgan fingerprint density at radius 3 is 2.82 bits per heavy atom. The van der Waals surface area contributed by atoms with Crippen molar-refractivity contribution in [3.05, 3.63) is 23.5 Å². The SMILES string of the molecule is CCCCC(C)NS(=O)(=O)c1ccnc(Cl)c1. The fraction of sp³-hybridized carbons (Fsp3) is 0.545. The van der Waals surface area contributed by atoms with E-state index < -0.39 is 10.0 Å². The fourth-order valence-electron chi connectivity index (χ4n) is 1.45. The van der Waals surface area contributed by atoms with Gasteiger partial charge in [-0.15, -0.1) is 0 Å². The van der Waals surface area contributed by atoms with Crippen LogP contribution in [0, 0.1) is 0 Å². The summed E-state index contributed by atoms with van der Waals surface area (Å²) in [4.78, 5) is 3.91. The summed E-state index contributed by atoms with van der Waals surface area (Å²) in [6.07, 6.45) is 4.26. The minimum absolute atomic E-state index is 0.0770. The molecule has 1 unspecified atom stereocenters. The van der Waals surface area contributed by atoms with E-state index >= 15 is 0 Å². The van der Waals surface area contributed by atoms with Gasteiger partial charge in [-0.25, -0.2) is 18.1 Å². The van der Waals surface area contributed by atoms with E-state index in [1.165, 1.54) is 18.3 Å². The Labute approximate surface area is 107 Å². The maximum atomic E-state index is 12.0. The molecule has 0 aliphatic carbocycles. The Hall–Kier alpha value is -0.650. The molecular formula is C11H17ClN2O2S. The first kappa shape index (κ1) is 14.4. The zero-order chi connectivity index (χ0) is 12.9. The van der Waals surface area contributed by atoms with E-state index in [2.05, 4.69) is 16.6 Å². The molecule has 0 amide bonds. The summed E-state index contributed by atoms with van der Waals surface area (Å²) >= 11 is 5.67. The average Bonchev–Trinajstić information content (AvgIpc) is 2.26. The van der Waals surface area contributed by atoms with Gasteiger partial charge in [0.15, 0.2) is 0 Å². The quantitative estimate of drug-likeness (QED) is 0.813. The molecule has 17 heavy (non-hydrogen) atoms. The van der Waals surface area contributed by atoms with E-state index in [-0.39, 0.29) is 16.1 Å². The summed E-state index contributed by atoms with van der Waals surface area (Å²) in [7, 11) is -3.49. The molecule has 0 fully saturated rings. The number of hydrogen-bond donors (Lipinski definition) is 1. The molecule has 1 aromatic heterocycles. The van der Waals surface area contributed by atoms with Gasteiger partial charge in [-0.1, -0.05) is 31.4 Å². The number of hydrogen-bond acceptors (Lipinski definition) is 3. The third kappa shape index (κ3) is 4.61. The molecule has 0 saturated carbocycles. The van der Waals surface area contributed by atoms with E-state index in [1.54, 1.807) is 0 Å². The predicted octanol–water partition coefficient (Wildman–Crippen LogP) is 2.59. The second-order valence-electron chi connectivity index (χ2n) is 3.98. The number of halogens is 1. The molecule has 96 valence electrons. The van der Waals surface area contributed by atoms with Crippen LogP contribution in [-0.4, -0.2) is 19.4 Å². The van der Waals surface area contributed by atoms with Crippen molar-refractivity contribution in [2.45, 2.75) is 44.0 Å². The topological polar surface area (TPSA) is 59.1 Å². The molecule has 1 atom stereocenters. The van der Waals surface area contributed by atoms with Crippen LogP contribution in [0.25, 0.3) is 0 Å². The molecule has 0 radical (unpaired) electrons. The van der Waals surface area contributed by atoms with Crippen molar-refractivity contribution < 1.29 is 8.42 Å². The lowest BCUT2D eigenvalue weighted by Gasteiger charge is -2.13. The lowest BCUT2D eigenvalue weighted by Crippen LogP contribution is -2.32. The van der Waals surface area contributed by atoms with Crippen molar-refractivity contribution >= 4 is 21.6 Å². The number of aromatic nitrogens is 1. The number of rotatable bonds is 6. The van der Waals surface area contributed by atoms with Crippen LogP contribution in [0.5, 0.6) is 0 Å². The summed E-state index contributed by atoms with van der Waals surface area (Å²) < 4.78 is 26.5. The molecule has 1 heterocycles. The van der Waals surface area contributed by atoms with Gasteiger partial charge in [-0.2, -0.15) is 0 Å². The second kappa shape index (κ2) is 6.33. The summed E-state index contributed by atoms with van der Waals surface area (Å²) in [5.41, 5.74) is 0. The van der Waals surface area contributed by atoms with Crippen LogP contribution in [0.2, 0.25) is 5.15 Å². The summed E-state index contributed by atoms with van der Waals surface area (Å²) in [6.45, 7) is 3.93. The van der Waals surface area contributed by atoms with Crippen molar-refractivity contribution in [3.63, 3.8) is 0 Å². The lowest BCUT2D eigenvalue weighted by atomic mass is 10.2. The first-order valence-corrected chi connectivity index (χ1v) is 7.45. The van der Waals surface area contributed by atoms with Crippen LogP contribution >= 0.6 is 11.6 Å². The van der Waals surface area contributed by atoms with Gasteiger partial charge in [0.05, 0.1) is 4.90 Å². The van der Waals surface area contributed by atoms with Crippen LogP contribution in [0.4, 0.5) is 0 Å². The zero-order valence-corrected chi connectivity index (χ0v) is 11.6. The Morgan fingerprint density at radius 1 is 1.53 bits per heavy atom. The van der Waals surface area contributed by atoms with Gasteiger partial charge in [0.2, 0.25) is 10.0 Å². The van der Waals surface area contributed by atoms with Crippen LogP contribution < -0.4 is 4.72 Å². The molecule has 0 spiro atoms. The second-order valence-corrected chi connectivity index (χ2v) is 6.08. The molecular weight excluding hydrogens is 260 g/mol. The van der Waals surface area contributed by atoms with Gasteiger partial charge in [-0.05, 0) is 25.5 Å². The molecule has 0 saturated heterocycles. The van der Waals surface area contributed by atoms with Crippen molar-refractivity contribution in [2.75, 3.05) is 0 Å². The van der Waals surface area contributed by atoms with E-state index in [1.807, 2.05) is 6.92 Å². The monoisotopic (exact) mass is 276 g/mol. The highest BCUT2D eigenvalue weighted by molar-refractivity contribution is 7.89. The number of sulfonamides is 1. The molecule has 0 aliphatic rings. The highest BCUT2D eigenvalue weighted by atomic mass is 35.5.